The fraction of sp³-hybridized carbons (Fsp3) is 0.286. The van der Waals surface area contributed by atoms with Gasteiger partial charge in [-0.25, -0.2) is 4.79 Å². The topological polar surface area (TPSA) is 64.9 Å². The van der Waals surface area contributed by atoms with Crippen molar-refractivity contribution in [2.75, 3.05) is 5.32 Å². The van der Waals surface area contributed by atoms with Crippen LogP contribution in [-0.2, 0) is 0 Å². The van der Waals surface area contributed by atoms with E-state index in [0.29, 0.717) is 10.6 Å². The Balaban J connectivity index is 2.06. The Labute approximate surface area is 126 Å². The maximum absolute atomic E-state index is 12.0. The van der Waals surface area contributed by atoms with Gasteiger partial charge >= 0.3 is 6.03 Å². The highest BCUT2D eigenvalue weighted by molar-refractivity contribution is 7.16. The van der Waals surface area contributed by atoms with Crippen LogP contribution in [0.25, 0.3) is 0 Å². The average molecular weight is 305 g/mol. The molecule has 2 N–H and O–H groups in total. The second-order valence-electron chi connectivity index (χ2n) is 4.43. The Morgan fingerprint density at radius 3 is 2.80 bits per heavy atom. The summed E-state index contributed by atoms with van der Waals surface area (Å²) in [6, 6.07) is 5.74. The van der Waals surface area contributed by atoms with Crippen LogP contribution in [0.2, 0.25) is 0 Å². The molecule has 2 aromatic heterocycles. The second-order valence-corrected chi connectivity index (χ2v) is 6.64. The predicted molar refractivity (Wildman–Crippen MR) is 83.4 cm³/mol. The van der Waals surface area contributed by atoms with E-state index in [2.05, 4.69) is 16.7 Å². The SMILES string of the molecule is Cc1sc(NC(=O)NC(C)c2cccs2)c(C#N)c1C. The number of carbonyl (C=O) groups is 1. The summed E-state index contributed by atoms with van der Waals surface area (Å²) >= 11 is 3.03. The van der Waals surface area contributed by atoms with Gasteiger partial charge < -0.3 is 5.32 Å². The highest BCUT2D eigenvalue weighted by Gasteiger charge is 2.16. The first kappa shape index (κ1) is 14.6. The van der Waals surface area contributed by atoms with Crippen molar-refractivity contribution in [2.24, 2.45) is 0 Å². The van der Waals surface area contributed by atoms with Crippen LogP contribution in [-0.4, -0.2) is 6.03 Å². The van der Waals surface area contributed by atoms with Gasteiger partial charge in [-0.05, 0) is 37.8 Å². The zero-order chi connectivity index (χ0) is 14.7. The van der Waals surface area contributed by atoms with Gasteiger partial charge in [-0.15, -0.1) is 22.7 Å². The predicted octanol–water partition coefficient (Wildman–Crippen LogP) is 4.18. The quantitative estimate of drug-likeness (QED) is 0.893. The highest BCUT2D eigenvalue weighted by atomic mass is 32.1. The molecule has 2 aromatic rings. The number of nitrogens with one attached hydrogen (secondary N) is 2. The normalized spacial score (nSPS) is 11.7. The van der Waals surface area contributed by atoms with E-state index in [0.717, 1.165) is 15.3 Å². The van der Waals surface area contributed by atoms with Gasteiger partial charge in [-0.1, -0.05) is 6.07 Å². The molecule has 4 nitrogen and oxygen atoms in total. The zero-order valence-electron chi connectivity index (χ0n) is 11.5. The standard InChI is InChI=1S/C14H15N3OS2/c1-8-10(3)20-13(11(8)7-15)17-14(18)16-9(2)12-5-4-6-19-12/h4-6,9H,1-3H3,(H2,16,17,18). The van der Waals surface area contributed by atoms with Gasteiger partial charge in [-0.3, -0.25) is 5.32 Å². The fourth-order valence-electron chi connectivity index (χ4n) is 1.79. The van der Waals surface area contributed by atoms with Gasteiger partial charge in [0, 0.05) is 9.75 Å². The summed E-state index contributed by atoms with van der Waals surface area (Å²) in [5, 5.41) is 17.4. The van der Waals surface area contributed by atoms with Crippen molar-refractivity contribution >= 4 is 33.7 Å². The van der Waals surface area contributed by atoms with E-state index in [1.54, 1.807) is 11.3 Å². The van der Waals surface area contributed by atoms with Crippen molar-refractivity contribution in [2.45, 2.75) is 26.8 Å². The monoisotopic (exact) mass is 305 g/mol. The van der Waals surface area contributed by atoms with E-state index in [-0.39, 0.29) is 12.1 Å². The smallest absolute Gasteiger partial charge is 0.320 e. The van der Waals surface area contributed by atoms with Crippen molar-refractivity contribution in [1.82, 2.24) is 5.32 Å². The lowest BCUT2D eigenvalue weighted by Crippen LogP contribution is -2.30. The molecular weight excluding hydrogens is 290 g/mol. The number of thiophene rings is 2. The van der Waals surface area contributed by atoms with Gasteiger partial charge in [-0.2, -0.15) is 5.26 Å². The van der Waals surface area contributed by atoms with Crippen LogP contribution in [0, 0.1) is 25.2 Å². The maximum atomic E-state index is 12.0. The summed E-state index contributed by atoms with van der Waals surface area (Å²) in [7, 11) is 0. The molecule has 1 unspecified atom stereocenters. The summed E-state index contributed by atoms with van der Waals surface area (Å²) in [4.78, 5) is 14.1. The van der Waals surface area contributed by atoms with Gasteiger partial charge in [0.15, 0.2) is 0 Å². The molecule has 0 aromatic carbocycles. The Morgan fingerprint density at radius 2 is 2.20 bits per heavy atom. The van der Waals surface area contributed by atoms with Crippen molar-refractivity contribution in [3.63, 3.8) is 0 Å². The second kappa shape index (κ2) is 6.07. The third-order valence-corrected chi connectivity index (χ3v) is 5.22. The Hall–Kier alpha value is -1.84. The van der Waals surface area contributed by atoms with Gasteiger partial charge in [0.05, 0.1) is 11.6 Å². The number of carbonyl (C=O) groups excluding carboxylic acids is 1. The first-order valence-electron chi connectivity index (χ1n) is 6.14. The third kappa shape index (κ3) is 3.00. The van der Waals surface area contributed by atoms with Crippen molar-refractivity contribution in [1.29, 1.82) is 5.26 Å². The molecule has 6 heteroatoms. The molecule has 0 fully saturated rings. The van der Waals surface area contributed by atoms with E-state index in [4.69, 9.17) is 5.26 Å². The zero-order valence-corrected chi connectivity index (χ0v) is 13.1. The fourth-order valence-corrected chi connectivity index (χ4v) is 3.53. The molecule has 0 aliphatic heterocycles. The number of nitrogens with zero attached hydrogens (tertiary/aromatic N) is 1. The summed E-state index contributed by atoms with van der Waals surface area (Å²) in [6.07, 6.45) is 0. The minimum absolute atomic E-state index is 0.0531. The number of urea groups is 1. The largest absolute Gasteiger partial charge is 0.331 e. The minimum atomic E-state index is -0.288. The van der Waals surface area contributed by atoms with E-state index < -0.39 is 0 Å². The Bertz CT molecular complexity index is 653. The van der Waals surface area contributed by atoms with E-state index in [9.17, 15) is 4.79 Å². The van der Waals surface area contributed by atoms with Gasteiger partial charge in [0.25, 0.3) is 0 Å². The molecule has 2 amide bonds. The number of amides is 2. The van der Waals surface area contributed by atoms with Crippen molar-refractivity contribution in [3.05, 3.63) is 38.4 Å². The molecular formula is C14H15N3OS2. The number of nitriles is 1. The Kier molecular flexibility index (Phi) is 4.42. The third-order valence-electron chi connectivity index (χ3n) is 3.04. The molecule has 0 radical (unpaired) electrons. The van der Waals surface area contributed by atoms with Crippen molar-refractivity contribution in [3.8, 4) is 6.07 Å². The summed E-state index contributed by atoms with van der Waals surface area (Å²) in [5.74, 6) is 0. The van der Waals surface area contributed by atoms with E-state index in [1.807, 2.05) is 38.3 Å². The van der Waals surface area contributed by atoms with E-state index in [1.165, 1.54) is 11.3 Å². The van der Waals surface area contributed by atoms with Gasteiger partial charge in [0.2, 0.25) is 0 Å². The molecule has 0 aliphatic rings. The van der Waals surface area contributed by atoms with Crippen LogP contribution >= 0.6 is 22.7 Å². The molecule has 20 heavy (non-hydrogen) atoms. The van der Waals surface area contributed by atoms with Gasteiger partial charge in [0.1, 0.15) is 11.1 Å². The number of hydrogen-bond acceptors (Lipinski definition) is 4. The number of anilines is 1. The lowest BCUT2D eigenvalue weighted by molar-refractivity contribution is 0.249. The summed E-state index contributed by atoms with van der Waals surface area (Å²) < 4.78 is 0. The number of aryl methyl sites for hydroxylation is 1. The molecule has 0 saturated heterocycles. The molecule has 2 heterocycles. The Morgan fingerprint density at radius 1 is 1.45 bits per heavy atom. The molecule has 0 spiro atoms. The first-order chi connectivity index (χ1) is 9.52. The van der Waals surface area contributed by atoms with Crippen LogP contribution in [0.1, 0.15) is 33.8 Å². The summed E-state index contributed by atoms with van der Waals surface area (Å²) in [6.45, 7) is 5.77. The van der Waals surface area contributed by atoms with Crippen LogP contribution in [0.3, 0.4) is 0 Å². The van der Waals surface area contributed by atoms with Crippen LogP contribution in [0.5, 0.6) is 0 Å². The lowest BCUT2D eigenvalue weighted by atomic mass is 10.2. The molecule has 1 atom stereocenters. The number of hydrogen-bond donors (Lipinski definition) is 2. The lowest BCUT2D eigenvalue weighted by Gasteiger charge is -2.12. The minimum Gasteiger partial charge on any atom is -0.331 e. The van der Waals surface area contributed by atoms with Crippen LogP contribution in [0.15, 0.2) is 17.5 Å². The molecule has 2 rings (SSSR count). The summed E-state index contributed by atoms with van der Waals surface area (Å²) in [5.41, 5.74) is 1.48. The first-order valence-corrected chi connectivity index (χ1v) is 7.83. The van der Waals surface area contributed by atoms with Crippen molar-refractivity contribution < 1.29 is 4.79 Å². The maximum Gasteiger partial charge on any atom is 0.320 e. The number of rotatable bonds is 3. The molecule has 0 saturated carbocycles. The molecule has 104 valence electrons. The highest BCUT2D eigenvalue weighted by Crippen LogP contribution is 2.31. The van der Waals surface area contributed by atoms with E-state index >= 15 is 0 Å². The average Bonchev–Trinajstić information content (AvgIpc) is 2.99. The van der Waals surface area contributed by atoms with Crippen LogP contribution in [0.4, 0.5) is 9.80 Å². The van der Waals surface area contributed by atoms with Crippen LogP contribution < -0.4 is 10.6 Å². The molecule has 0 bridgehead atoms. The molecule has 0 aliphatic carbocycles.